The van der Waals surface area contributed by atoms with Gasteiger partial charge in [-0.15, -0.1) is 0 Å². The van der Waals surface area contributed by atoms with Crippen LogP contribution in [-0.4, -0.2) is 37.1 Å². The molecule has 0 radical (unpaired) electrons. The lowest BCUT2D eigenvalue weighted by Crippen LogP contribution is -2.38. The third-order valence-electron chi connectivity index (χ3n) is 4.27. The van der Waals surface area contributed by atoms with E-state index in [0.717, 1.165) is 17.0 Å². The van der Waals surface area contributed by atoms with Gasteiger partial charge in [-0.1, -0.05) is 0 Å². The molecule has 8 nitrogen and oxygen atoms in total. The van der Waals surface area contributed by atoms with Crippen LogP contribution >= 0.6 is 0 Å². The molecule has 25 heavy (non-hydrogen) atoms. The molecule has 0 aliphatic heterocycles. The van der Waals surface area contributed by atoms with Crippen LogP contribution < -0.4 is 5.32 Å². The average Bonchev–Trinajstić information content (AvgIpc) is 3.24. The van der Waals surface area contributed by atoms with Crippen molar-refractivity contribution in [1.82, 2.24) is 24.9 Å². The normalized spacial score (nSPS) is 13.8. The second-order valence-corrected chi connectivity index (χ2v) is 6.26. The lowest BCUT2D eigenvalue weighted by Gasteiger charge is -2.21. The monoisotopic (exact) mass is 343 g/mol. The Kier molecular flexibility index (Phi) is 4.54. The lowest BCUT2D eigenvalue weighted by molar-refractivity contribution is -0.122. The van der Waals surface area contributed by atoms with Crippen molar-refractivity contribution in [3.05, 3.63) is 47.4 Å². The summed E-state index contributed by atoms with van der Waals surface area (Å²) in [7, 11) is 0. The Bertz CT molecular complexity index is 883. The lowest BCUT2D eigenvalue weighted by atomic mass is 10.0. The van der Waals surface area contributed by atoms with E-state index >= 15 is 0 Å². The Labute approximate surface area is 144 Å². The van der Waals surface area contributed by atoms with Crippen LogP contribution in [0.15, 0.2) is 29.1 Å². The number of carbonyl (C=O) groups excluding carboxylic acids is 1. The molecule has 1 amide bonds. The summed E-state index contributed by atoms with van der Waals surface area (Å²) < 4.78 is 6.87. The van der Waals surface area contributed by atoms with E-state index in [1.807, 2.05) is 13.8 Å². The molecule has 0 saturated carbocycles. The molecule has 0 saturated heterocycles. The summed E-state index contributed by atoms with van der Waals surface area (Å²) in [5.41, 5.74) is 1.50. The first-order chi connectivity index (χ1) is 11.9. The number of amides is 1. The van der Waals surface area contributed by atoms with Crippen molar-refractivity contribution in [3.8, 4) is 0 Å². The molecular weight excluding hydrogens is 322 g/mol. The van der Waals surface area contributed by atoms with Gasteiger partial charge in [-0.25, -0.2) is 9.50 Å². The van der Waals surface area contributed by atoms with Gasteiger partial charge in [-0.3, -0.25) is 4.79 Å². The average molecular weight is 343 g/mol. The SMILES string of the molecule is Cc1nc2ncnn2c(C)c1CCC(=O)NCC(C)(O)c1ccco1. The topological polar surface area (TPSA) is 106 Å². The van der Waals surface area contributed by atoms with Crippen molar-refractivity contribution >= 4 is 11.7 Å². The molecular formula is C17H21N5O3. The molecule has 2 N–H and O–H groups in total. The Balaban J connectivity index is 1.61. The van der Waals surface area contributed by atoms with Crippen LogP contribution in [0.2, 0.25) is 0 Å². The van der Waals surface area contributed by atoms with Crippen LogP contribution in [0.5, 0.6) is 0 Å². The summed E-state index contributed by atoms with van der Waals surface area (Å²) in [6.45, 7) is 5.52. The number of aromatic nitrogens is 4. The summed E-state index contributed by atoms with van der Waals surface area (Å²) in [6.07, 6.45) is 3.78. The van der Waals surface area contributed by atoms with Crippen LogP contribution in [0, 0.1) is 13.8 Å². The molecule has 0 bridgehead atoms. The van der Waals surface area contributed by atoms with Crippen molar-refractivity contribution in [3.63, 3.8) is 0 Å². The summed E-state index contributed by atoms with van der Waals surface area (Å²) >= 11 is 0. The fourth-order valence-electron chi connectivity index (χ4n) is 2.79. The van der Waals surface area contributed by atoms with Crippen molar-refractivity contribution in [2.75, 3.05) is 6.54 Å². The third-order valence-corrected chi connectivity index (χ3v) is 4.27. The zero-order valence-corrected chi connectivity index (χ0v) is 14.5. The van der Waals surface area contributed by atoms with Gasteiger partial charge in [0, 0.05) is 17.8 Å². The van der Waals surface area contributed by atoms with Gasteiger partial charge < -0.3 is 14.8 Å². The molecule has 0 aromatic carbocycles. The molecule has 3 aromatic rings. The number of carbonyl (C=O) groups is 1. The molecule has 0 aliphatic carbocycles. The molecule has 1 unspecified atom stereocenters. The highest BCUT2D eigenvalue weighted by molar-refractivity contribution is 5.76. The van der Waals surface area contributed by atoms with Gasteiger partial charge in [0.05, 0.1) is 12.8 Å². The second-order valence-electron chi connectivity index (χ2n) is 6.26. The fraction of sp³-hybridized carbons (Fsp3) is 0.412. The minimum absolute atomic E-state index is 0.0810. The number of hydrogen-bond donors (Lipinski definition) is 2. The number of furan rings is 1. The Hall–Kier alpha value is -2.74. The van der Waals surface area contributed by atoms with Crippen molar-refractivity contribution in [2.45, 2.75) is 39.2 Å². The molecule has 3 rings (SSSR count). The minimum atomic E-state index is -1.24. The van der Waals surface area contributed by atoms with Crippen LogP contribution in [-0.2, 0) is 16.8 Å². The summed E-state index contributed by atoms with van der Waals surface area (Å²) in [5.74, 6) is 0.822. The first-order valence-electron chi connectivity index (χ1n) is 8.07. The highest BCUT2D eigenvalue weighted by Crippen LogP contribution is 2.20. The maximum atomic E-state index is 12.2. The second kappa shape index (κ2) is 6.64. The molecule has 3 aromatic heterocycles. The van der Waals surface area contributed by atoms with Crippen molar-refractivity contribution < 1.29 is 14.3 Å². The predicted molar refractivity (Wildman–Crippen MR) is 89.9 cm³/mol. The molecule has 0 aliphatic rings. The number of nitrogens with one attached hydrogen (secondary N) is 1. The largest absolute Gasteiger partial charge is 0.466 e. The van der Waals surface area contributed by atoms with E-state index in [0.29, 0.717) is 18.0 Å². The summed E-state index contributed by atoms with van der Waals surface area (Å²) in [4.78, 5) is 20.6. The van der Waals surface area contributed by atoms with Gasteiger partial charge in [0.2, 0.25) is 5.91 Å². The smallest absolute Gasteiger partial charge is 0.252 e. The van der Waals surface area contributed by atoms with Gasteiger partial charge in [-0.2, -0.15) is 10.1 Å². The summed E-state index contributed by atoms with van der Waals surface area (Å²) in [5, 5.41) is 17.2. The zero-order chi connectivity index (χ0) is 18.0. The van der Waals surface area contributed by atoms with Gasteiger partial charge in [0.1, 0.15) is 17.7 Å². The first kappa shape index (κ1) is 17.1. The summed E-state index contributed by atoms with van der Waals surface area (Å²) in [6, 6.07) is 3.38. The quantitative estimate of drug-likeness (QED) is 0.699. The number of aliphatic hydroxyl groups is 1. The predicted octanol–water partition coefficient (Wildman–Crippen LogP) is 1.29. The van der Waals surface area contributed by atoms with E-state index in [9.17, 15) is 9.90 Å². The third kappa shape index (κ3) is 3.53. The Morgan fingerprint density at radius 3 is 2.96 bits per heavy atom. The van der Waals surface area contributed by atoms with E-state index in [1.165, 1.54) is 12.6 Å². The maximum absolute atomic E-state index is 12.2. The minimum Gasteiger partial charge on any atom is -0.466 e. The Morgan fingerprint density at radius 1 is 1.44 bits per heavy atom. The van der Waals surface area contributed by atoms with Gasteiger partial charge in [0.25, 0.3) is 5.78 Å². The molecule has 8 heteroatoms. The number of fused-ring (bicyclic) bond motifs is 1. The first-order valence-corrected chi connectivity index (χ1v) is 8.07. The molecule has 132 valence electrons. The Morgan fingerprint density at radius 2 is 2.24 bits per heavy atom. The van der Waals surface area contributed by atoms with Crippen LogP contribution in [0.25, 0.3) is 5.78 Å². The zero-order valence-electron chi connectivity index (χ0n) is 14.5. The van der Waals surface area contributed by atoms with Crippen molar-refractivity contribution in [1.29, 1.82) is 0 Å². The van der Waals surface area contributed by atoms with Crippen LogP contribution in [0.3, 0.4) is 0 Å². The maximum Gasteiger partial charge on any atom is 0.252 e. The van der Waals surface area contributed by atoms with Crippen molar-refractivity contribution in [2.24, 2.45) is 0 Å². The van der Waals surface area contributed by atoms with Crippen LogP contribution in [0.1, 0.15) is 36.1 Å². The molecule has 0 spiro atoms. The van der Waals surface area contributed by atoms with E-state index in [4.69, 9.17) is 4.42 Å². The molecule has 0 fully saturated rings. The van der Waals surface area contributed by atoms with Gasteiger partial charge >= 0.3 is 0 Å². The van der Waals surface area contributed by atoms with E-state index in [2.05, 4.69) is 20.4 Å². The van der Waals surface area contributed by atoms with E-state index in [1.54, 1.807) is 23.6 Å². The van der Waals surface area contributed by atoms with Gasteiger partial charge in [-0.05, 0) is 44.9 Å². The number of rotatable bonds is 6. The van der Waals surface area contributed by atoms with E-state index in [-0.39, 0.29) is 18.9 Å². The number of nitrogens with zero attached hydrogens (tertiary/aromatic N) is 4. The molecule has 3 heterocycles. The number of aryl methyl sites for hydroxylation is 2. The molecule has 1 atom stereocenters. The fourth-order valence-corrected chi connectivity index (χ4v) is 2.79. The van der Waals surface area contributed by atoms with Crippen LogP contribution in [0.4, 0.5) is 0 Å². The highest BCUT2D eigenvalue weighted by atomic mass is 16.4. The van der Waals surface area contributed by atoms with E-state index < -0.39 is 5.60 Å². The number of hydrogen-bond acceptors (Lipinski definition) is 6. The van der Waals surface area contributed by atoms with Gasteiger partial charge in [0.15, 0.2) is 0 Å². The standard InChI is InChI=1S/C17H21N5O3/c1-11-13(12(2)22-16(21-11)19-10-20-22)6-7-15(23)18-9-17(3,24)14-5-4-8-25-14/h4-5,8,10,24H,6-7,9H2,1-3H3,(H,18,23). The highest BCUT2D eigenvalue weighted by Gasteiger charge is 2.26.